The molecule has 0 unspecified atom stereocenters. The summed E-state index contributed by atoms with van der Waals surface area (Å²) in [5, 5.41) is 3.78. The Bertz CT molecular complexity index is 916. The first-order valence-corrected chi connectivity index (χ1v) is 7.56. The Morgan fingerprint density at radius 3 is 2.54 bits per heavy atom. The SMILES string of the molecule is CC(=O)N(C)c1ccccc1NC(=O)c1cccc2cccnc12. The minimum atomic E-state index is -0.260. The van der Waals surface area contributed by atoms with Crippen molar-refractivity contribution in [1.29, 1.82) is 0 Å². The van der Waals surface area contributed by atoms with Gasteiger partial charge in [0.25, 0.3) is 5.91 Å². The highest BCUT2D eigenvalue weighted by Gasteiger charge is 2.15. The van der Waals surface area contributed by atoms with Gasteiger partial charge in [-0.3, -0.25) is 14.6 Å². The molecule has 120 valence electrons. The van der Waals surface area contributed by atoms with Gasteiger partial charge >= 0.3 is 0 Å². The molecule has 1 N–H and O–H groups in total. The summed E-state index contributed by atoms with van der Waals surface area (Å²) < 4.78 is 0. The number of rotatable bonds is 3. The fourth-order valence-electron chi connectivity index (χ4n) is 2.52. The number of carbonyl (C=O) groups excluding carboxylic acids is 2. The van der Waals surface area contributed by atoms with Crippen LogP contribution in [0.1, 0.15) is 17.3 Å². The topological polar surface area (TPSA) is 62.3 Å². The molecule has 0 spiro atoms. The van der Waals surface area contributed by atoms with Gasteiger partial charge in [0.15, 0.2) is 0 Å². The molecule has 0 bridgehead atoms. The van der Waals surface area contributed by atoms with Crippen LogP contribution in [0.25, 0.3) is 10.9 Å². The van der Waals surface area contributed by atoms with Crippen LogP contribution in [0.5, 0.6) is 0 Å². The molecular formula is C19H17N3O2. The van der Waals surface area contributed by atoms with E-state index in [-0.39, 0.29) is 11.8 Å². The molecule has 1 heterocycles. The van der Waals surface area contributed by atoms with Crippen molar-refractivity contribution < 1.29 is 9.59 Å². The van der Waals surface area contributed by atoms with Crippen LogP contribution in [-0.2, 0) is 4.79 Å². The van der Waals surface area contributed by atoms with Crippen LogP contribution in [0, 0.1) is 0 Å². The molecule has 0 radical (unpaired) electrons. The Balaban J connectivity index is 1.97. The predicted octanol–water partition coefficient (Wildman–Crippen LogP) is 3.47. The lowest BCUT2D eigenvalue weighted by Crippen LogP contribution is -2.25. The number of pyridine rings is 1. The number of nitrogens with one attached hydrogen (secondary N) is 1. The molecule has 5 heteroatoms. The van der Waals surface area contributed by atoms with E-state index in [9.17, 15) is 9.59 Å². The fraction of sp³-hybridized carbons (Fsp3) is 0.105. The normalized spacial score (nSPS) is 10.4. The van der Waals surface area contributed by atoms with E-state index in [4.69, 9.17) is 0 Å². The third-order valence-electron chi connectivity index (χ3n) is 3.86. The molecule has 2 amide bonds. The van der Waals surface area contributed by atoms with Crippen LogP contribution in [0.4, 0.5) is 11.4 Å². The number of benzene rings is 2. The second-order valence-corrected chi connectivity index (χ2v) is 5.43. The number of nitrogens with zero attached hydrogens (tertiary/aromatic N) is 2. The summed E-state index contributed by atoms with van der Waals surface area (Å²) in [5.41, 5.74) is 2.36. The highest BCUT2D eigenvalue weighted by Crippen LogP contribution is 2.26. The molecule has 0 aliphatic carbocycles. The summed E-state index contributed by atoms with van der Waals surface area (Å²) in [6, 6.07) is 16.4. The van der Waals surface area contributed by atoms with Crippen molar-refractivity contribution in [2.75, 3.05) is 17.3 Å². The maximum atomic E-state index is 12.7. The zero-order valence-corrected chi connectivity index (χ0v) is 13.5. The van der Waals surface area contributed by atoms with Gasteiger partial charge in [-0.25, -0.2) is 0 Å². The summed E-state index contributed by atoms with van der Waals surface area (Å²) in [5.74, 6) is -0.368. The number of anilines is 2. The van der Waals surface area contributed by atoms with Crippen LogP contribution < -0.4 is 10.2 Å². The van der Waals surface area contributed by atoms with E-state index < -0.39 is 0 Å². The highest BCUT2D eigenvalue weighted by atomic mass is 16.2. The number of fused-ring (bicyclic) bond motifs is 1. The zero-order chi connectivity index (χ0) is 17.1. The van der Waals surface area contributed by atoms with Crippen molar-refractivity contribution in [2.24, 2.45) is 0 Å². The third kappa shape index (κ3) is 2.96. The quantitative estimate of drug-likeness (QED) is 0.804. The first kappa shape index (κ1) is 15.7. The van der Waals surface area contributed by atoms with E-state index in [1.807, 2.05) is 36.4 Å². The smallest absolute Gasteiger partial charge is 0.257 e. The Kier molecular flexibility index (Phi) is 4.24. The number of amides is 2. The van der Waals surface area contributed by atoms with Gasteiger partial charge in [0.2, 0.25) is 5.91 Å². The number of hydrogen-bond acceptors (Lipinski definition) is 3. The third-order valence-corrected chi connectivity index (χ3v) is 3.86. The molecule has 5 nitrogen and oxygen atoms in total. The molecule has 3 rings (SSSR count). The van der Waals surface area contributed by atoms with Gasteiger partial charge in [-0.1, -0.05) is 30.3 Å². The highest BCUT2D eigenvalue weighted by molar-refractivity contribution is 6.13. The number of aromatic nitrogens is 1. The summed E-state index contributed by atoms with van der Waals surface area (Å²) in [7, 11) is 1.67. The summed E-state index contributed by atoms with van der Waals surface area (Å²) in [6.45, 7) is 1.48. The van der Waals surface area contributed by atoms with E-state index in [0.717, 1.165) is 5.39 Å². The fourth-order valence-corrected chi connectivity index (χ4v) is 2.52. The molecule has 0 aliphatic rings. The molecule has 0 fully saturated rings. The molecule has 2 aromatic carbocycles. The van der Waals surface area contributed by atoms with Crippen molar-refractivity contribution >= 4 is 34.1 Å². The maximum Gasteiger partial charge on any atom is 0.257 e. The van der Waals surface area contributed by atoms with Crippen molar-refractivity contribution in [2.45, 2.75) is 6.92 Å². The van der Waals surface area contributed by atoms with E-state index in [1.165, 1.54) is 11.8 Å². The van der Waals surface area contributed by atoms with Crippen LogP contribution in [-0.4, -0.2) is 23.8 Å². The number of carbonyl (C=O) groups is 2. The lowest BCUT2D eigenvalue weighted by molar-refractivity contribution is -0.116. The lowest BCUT2D eigenvalue weighted by atomic mass is 10.1. The first-order valence-electron chi connectivity index (χ1n) is 7.56. The van der Waals surface area contributed by atoms with Gasteiger partial charge in [-0.05, 0) is 24.3 Å². The minimum Gasteiger partial charge on any atom is -0.320 e. The van der Waals surface area contributed by atoms with Gasteiger partial charge < -0.3 is 10.2 Å². The summed E-state index contributed by atoms with van der Waals surface area (Å²) >= 11 is 0. The molecule has 0 saturated carbocycles. The van der Waals surface area contributed by atoms with Crippen molar-refractivity contribution in [3.63, 3.8) is 0 Å². The van der Waals surface area contributed by atoms with Crippen LogP contribution in [0.2, 0.25) is 0 Å². The monoisotopic (exact) mass is 319 g/mol. The predicted molar refractivity (Wildman–Crippen MR) is 95.2 cm³/mol. The lowest BCUT2D eigenvalue weighted by Gasteiger charge is -2.19. The molecule has 0 saturated heterocycles. The number of para-hydroxylation sites is 3. The average Bonchev–Trinajstić information content (AvgIpc) is 2.61. The summed E-state index contributed by atoms with van der Waals surface area (Å²) in [6.07, 6.45) is 1.66. The first-order chi connectivity index (χ1) is 11.6. The van der Waals surface area contributed by atoms with E-state index in [0.29, 0.717) is 22.5 Å². The molecule has 0 atom stereocenters. The van der Waals surface area contributed by atoms with Crippen LogP contribution in [0.3, 0.4) is 0 Å². The molecule has 1 aromatic heterocycles. The largest absolute Gasteiger partial charge is 0.320 e. The standard InChI is InChI=1S/C19H17N3O2/c1-13(23)22(2)17-11-4-3-10-16(17)21-19(24)15-9-5-7-14-8-6-12-20-18(14)15/h3-12H,1-2H3,(H,21,24). The number of hydrogen-bond donors (Lipinski definition) is 1. The summed E-state index contributed by atoms with van der Waals surface area (Å²) in [4.78, 5) is 30.1. The van der Waals surface area contributed by atoms with Gasteiger partial charge in [-0.2, -0.15) is 0 Å². The minimum absolute atomic E-state index is 0.108. The molecule has 24 heavy (non-hydrogen) atoms. The van der Waals surface area contributed by atoms with Crippen molar-refractivity contribution in [3.8, 4) is 0 Å². The second-order valence-electron chi connectivity index (χ2n) is 5.43. The van der Waals surface area contributed by atoms with E-state index >= 15 is 0 Å². The van der Waals surface area contributed by atoms with E-state index in [2.05, 4.69) is 10.3 Å². The molecular weight excluding hydrogens is 302 g/mol. The van der Waals surface area contributed by atoms with Gasteiger partial charge in [-0.15, -0.1) is 0 Å². The van der Waals surface area contributed by atoms with Gasteiger partial charge in [0.05, 0.1) is 22.5 Å². The van der Waals surface area contributed by atoms with Crippen molar-refractivity contribution in [1.82, 2.24) is 4.98 Å². The van der Waals surface area contributed by atoms with Gasteiger partial charge in [0.1, 0.15) is 0 Å². The van der Waals surface area contributed by atoms with E-state index in [1.54, 1.807) is 31.4 Å². The maximum absolute atomic E-state index is 12.7. The molecule has 3 aromatic rings. The Morgan fingerprint density at radius 1 is 1.00 bits per heavy atom. The second kappa shape index (κ2) is 6.50. The van der Waals surface area contributed by atoms with Gasteiger partial charge in [0, 0.05) is 25.6 Å². The molecule has 0 aliphatic heterocycles. The van der Waals surface area contributed by atoms with Crippen LogP contribution >= 0.6 is 0 Å². The zero-order valence-electron chi connectivity index (χ0n) is 13.5. The van der Waals surface area contributed by atoms with Crippen LogP contribution in [0.15, 0.2) is 60.8 Å². The Morgan fingerprint density at radius 2 is 1.75 bits per heavy atom. The Hall–Kier alpha value is -3.21. The van der Waals surface area contributed by atoms with Crippen molar-refractivity contribution in [3.05, 3.63) is 66.4 Å². The Labute approximate surface area is 139 Å². The average molecular weight is 319 g/mol.